The van der Waals surface area contributed by atoms with E-state index in [4.69, 9.17) is 33.7 Å². The number of morpholine rings is 1. The normalized spacial score (nSPS) is 18.7. The lowest BCUT2D eigenvalue weighted by Crippen LogP contribution is -2.50. The first kappa shape index (κ1) is 21.4. The second-order valence-electron chi connectivity index (χ2n) is 7.28. The highest BCUT2D eigenvalue weighted by Gasteiger charge is 2.37. The van der Waals surface area contributed by atoms with Crippen LogP contribution >= 0.6 is 35.6 Å². The summed E-state index contributed by atoms with van der Waals surface area (Å²) in [5, 5.41) is 9.02. The maximum absolute atomic E-state index is 13.2. The molecule has 0 radical (unpaired) electrons. The number of para-hydroxylation sites is 1. The number of thiocarbonyl (C=S) groups is 1. The molecule has 32 heavy (non-hydrogen) atoms. The zero-order valence-electron chi connectivity index (χ0n) is 17.0. The van der Waals surface area contributed by atoms with Gasteiger partial charge in [0.25, 0.3) is 5.91 Å². The Morgan fingerprint density at radius 2 is 1.78 bits per heavy atom. The molecule has 5 rings (SSSR count). The largest absolute Gasteiger partial charge is 0.379 e. The maximum Gasteiger partial charge on any atom is 0.280 e. The minimum atomic E-state index is -0.114. The summed E-state index contributed by atoms with van der Waals surface area (Å²) in [6.45, 7) is 2.45. The van der Waals surface area contributed by atoms with Gasteiger partial charge >= 0.3 is 0 Å². The molecule has 2 aliphatic rings. The Morgan fingerprint density at radius 1 is 1.06 bits per heavy atom. The average molecular weight is 483 g/mol. The van der Waals surface area contributed by atoms with Crippen molar-refractivity contribution in [2.24, 2.45) is 0 Å². The maximum atomic E-state index is 13.2. The number of hydrazine groups is 1. The van der Waals surface area contributed by atoms with E-state index in [1.54, 1.807) is 5.01 Å². The molecule has 9 heteroatoms. The lowest BCUT2D eigenvalue weighted by molar-refractivity contribution is -0.138. The predicted molar refractivity (Wildman–Crippen MR) is 131 cm³/mol. The number of halogens is 1. The van der Waals surface area contributed by atoms with Crippen LogP contribution in [-0.2, 0) is 9.53 Å². The second-order valence-corrected chi connectivity index (χ2v) is 9.39. The van der Waals surface area contributed by atoms with Crippen molar-refractivity contribution in [1.82, 2.24) is 19.8 Å². The van der Waals surface area contributed by atoms with E-state index in [2.05, 4.69) is 0 Å². The molecule has 0 bridgehead atoms. The summed E-state index contributed by atoms with van der Waals surface area (Å²) >= 11 is 12.9. The molecule has 3 heterocycles. The third-order valence-electron chi connectivity index (χ3n) is 5.21. The number of hydrogen-bond acceptors (Lipinski definition) is 6. The summed E-state index contributed by atoms with van der Waals surface area (Å²) in [6, 6.07) is 17.4. The monoisotopic (exact) mass is 482 g/mol. The summed E-state index contributed by atoms with van der Waals surface area (Å²) in [6.07, 6.45) is 3.80. The minimum Gasteiger partial charge on any atom is -0.379 e. The molecule has 2 aliphatic heterocycles. The van der Waals surface area contributed by atoms with E-state index in [-0.39, 0.29) is 5.91 Å². The van der Waals surface area contributed by atoms with Gasteiger partial charge in [0.2, 0.25) is 0 Å². The van der Waals surface area contributed by atoms with Gasteiger partial charge in [-0.25, -0.2) is 14.7 Å². The average Bonchev–Trinajstić information content (AvgIpc) is 3.36. The molecular weight excluding hydrogens is 464 g/mol. The number of amides is 1. The van der Waals surface area contributed by atoms with Gasteiger partial charge in [-0.2, -0.15) is 5.10 Å². The zero-order valence-corrected chi connectivity index (χ0v) is 19.4. The molecule has 162 valence electrons. The molecule has 2 fully saturated rings. The highest BCUT2D eigenvalue weighted by Crippen LogP contribution is 2.36. The van der Waals surface area contributed by atoms with Crippen LogP contribution in [-0.4, -0.2) is 56.3 Å². The Kier molecular flexibility index (Phi) is 6.12. The van der Waals surface area contributed by atoms with Crippen LogP contribution in [0.2, 0.25) is 5.02 Å². The molecule has 1 aromatic heterocycles. The Labute approximate surface area is 200 Å². The van der Waals surface area contributed by atoms with E-state index >= 15 is 0 Å². The molecule has 0 N–H and O–H groups in total. The summed E-state index contributed by atoms with van der Waals surface area (Å²) in [7, 11) is 0. The molecular formula is C23H19ClN4O2S2. The van der Waals surface area contributed by atoms with Crippen molar-refractivity contribution in [3.8, 4) is 16.9 Å². The van der Waals surface area contributed by atoms with Crippen molar-refractivity contribution in [2.75, 3.05) is 26.3 Å². The zero-order chi connectivity index (χ0) is 22.1. The summed E-state index contributed by atoms with van der Waals surface area (Å²) < 4.78 is 7.76. The summed E-state index contributed by atoms with van der Waals surface area (Å²) in [5.74, 6) is -0.114. The highest BCUT2D eigenvalue weighted by molar-refractivity contribution is 8.26. The predicted octanol–water partition coefficient (Wildman–Crippen LogP) is 4.64. The van der Waals surface area contributed by atoms with E-state index < -0.39 is 0 Å². The van der Waals surface area contributed by atoms with E-state index in [1.165, 1.54) is 11.8 Å². The van der Waals surface area contributed by atoms with Crippen LogP contribution in [0.3, 0.4) is 0 Å². The van der Waals surface area contributed by atoms with Crippen molar-refractivity contribution in [1.29, 1.82) is 0 Å². The fraction of sp³-hybridized carbons (Fsp3) is 0.174. The van der Waals surface area contributed by atoms with Crippen LogP contribution < -0.4 is 0 Å². The molecule has 6 nitrogen and oxygen atoms in total. The van der Waals surface area contributed by atoms with Crippen LogP contribution in [0.5, 0.6) is 0 Å². The van der Waals surface area contributed by atoms with Crippen molar-refractivity contribution >= 4 is 51.9 Å². The van der Waals surface area contributed by atoms with Crippen LogP contribution in [0.4, 0.5) is 0 Å². The third kappa shape index (κ3) is 4.24. The quantitative estimate of drug-likeness (QED) is 0.399. The van der Waals surface area contributed by atoms with E-state index in [0.717, 1.165) is 22.5 Å². The molecule has 3 aromatic rings. The van der Waals surface area contributed by atoms with Gasteiger partial charge in [-0.3, -0.25) is 4.79 Å². The first-order chi connectivity index (χ1) is 15.6. The number of aromatic nitrogens is 2. The lowest BCUT2D eigenvalue weighted by atomic mass is 10.1. The molecule has 2 saturated heterocycles. The van der Waals surface area contributed by atoms with Gasteiger partial charge in [0, 0.05) is 35.4 Å². The van der Waals surface area contributed by atoms with Gasteiger partial charge in [0.1, 0.15) is 0 Å². The second kappa shape index (κ2) is 9.17. The van der Waals surface area contributed by atoms with Gasteiger partial charge in [-0.15, -0.1) is 0 Å². The Bertz CT molecular complexity index is 1190. The lowest BCUT2D eigenvalue weighted by Gasteiger charge is -2.33. The molecule has 0 unspecified atom stereocenters. The number of benzene rings is 2. The molecule has 2 aromatic carbocycles. The highest BCUT2D eigenvalue weighted by atomic mass is 35.5. The number of thioether (sulfide) groups is 1. The molecule has 0 saturated carbocycles. The molecule has 0 spiro atoms. The Morgan fingerprint density at radius 3 is 2.50 bits per heavy atom. The molecule has 0 aliphatic carbocycles. The number of hydrogen-bond donors (Lipinski definition) is 0. The van der Waals surface area contributed by atoms with Gasteiger partial charge in [-0.05, 0) is 30.3 Å². The SMILES string of the molecule is O=C1C(=Cc2cn(-c3ccccc3)nc2-c2ccc(Cl)cc2)SC(=S)N1N1CCOCC1. The fourth-order valence-electron chi connectivity index (χ4n) is 3.64. The smallest absolute Gasteiger partial charge is 0.280 e. The number of carbonyl (C=O) groups is 1. The summed E-state index contributed by atoms with van der Waals surface area (Å²) in [5.41, 5.74) is 3.45. The Balaban J connectivity index is 1.54. The van der Waals surface area contributed by atoms with Gasteiger partial charge in [0.15, 0.2) is 4.32 Å². The first-order valence-electron chi connectivity index (χ1n) is 10.1. The van der Waals surface area contributed by atoms with Crippen LogP contribution in [0.1, 0.15) is 5.56 Å². The molecule has 1 amide bonds. The van der Waals surface area contributed by atoms with E-state index in [1.807, 2.05) is 76.6 Å². The third-order valence-corrected chi connectivity index (χ3v) is 6.75. The number of rotatable bonds is 4. The van der Waals surface area contributed by atoms with Crippen LogP contribution in [0.15, 0.2) is 65.7 Å². The van der Waals surface area contributed by atoms with E-state index in [9.17, 15) is 4.79 Å². The van der Waals surface area contributed by atoms with Gasteiger partial charge < -0.3 is 4.74 Å². The number of nitrogens with zero attached hydrogens (tertiary/aromatic N) is 4. The molecule has 0 atom stereocenters. The van der Waals surface area contributed by atoms with Gasteiger partial charge in [0.05, 0.1) is 29.5 Å². The number of ether oxygens (including phenoxy) is 1. The van der Waals surface area contributed by atoms with Crippen LogP contribution in [0, 0.1) is 0 Å². The standard InChI is InChI=1S/C23H19ClN4O2S2/c24-18-8-6-16(7-9-18)21-17(15-27(25-21)19-4-2-1-3-5-19)14-20-22(29)28(23(31)32-20)26-10-12-30-13-11-26/h1-9,14-15H,10-13H2. The fourth-order valence-corrected chi connectivity index (χ4v) is 5.06. The van der Waals surface area contributed by atoms with Gasteiger partial charge in [-0.1, -0.05) is 65.9 Å². The van der Waals surface area contributed by atoms with Crippen molar-refractivity contribution in [3.63, 3.8) is 0 Å². The number of carbonyl (C=O) groups excluding carboxylic acids is 1. The van der Waals surface area contributed by atoms with Crippen molar-refractivity contribution in [2.45, 2.75) is 0 Å². The van der Waals surface area contributed by atoms with Crippen LogP contribution in [0.25, 0.3) is 23.0 Å². The topological polar surface area (TPSA) is 50.6 Å². The Hall–Kier alpha value is -2.49. The van der Waals surface area contributed by atoms with Crippen molar-refractivity contribution < 1.29 is 9.53 Å². The van der Waals surface area contributed by atoms with E-state index in [0.29, 0.717) is 40.6 Å². The summed E-state index contributed by atoms with van der Waals surface area (Å²) in [4.78, 5) is 13.8. The first-order valence-corrected chi connectivity index (χ1v) is 11.7. The van der Waals surface area contributed by atoms with Crippen molar-refractivity contribution in [3.05, 3.63) is 76.3 Å². The minimum absolute atomic E-state index is 0.114.